The molecular weight excluding hydrogens is 244 g/mol. The van der Waals surface area contributed by atoms with Crippen molar-refractivity contribution in [2.45, 2.75) is 78.3 Å². The number of hydrogen-bond acceptors (Lipinski definition) is 2. The summed E-state index contributed by atoms with van der Waals surface area (Å²) in [5.41, 5.74) is 0. The normalized spacial score (nSPS) is 27.8. The summed E-state index contributed by atoms with van der Waals surface area (Å²) in [4.78, 5) is 2.91. The number of nitrogens with zero attached hydrogens (tertiary/aromatic N) is 1. The fourth-order valence-corrected chi connectivity index (χ4v) is 4.00. The quantitative estimate of drug-likeness (QED) is 0.725. The topological polar surface area (TPSA) is 15.3 Å². The SMILES string of the molecule is CC(C)CNCC1CCC1N(CC(C)C)C1CCCC1. The third-order valence-electron chi connectivity index (χ3n) is 5.13. The monoisotopic (exact) mass is 280 g/mol. The van der Waals surface area contributed by atoms with Gasteiger partial charge in [-0.1, -0.05) is 40.5 Å². The van der Waals surface area contributed by atoms with Gasteiger partial charge in [0.05, 0.1) is 0 Å². The predicted octanol–water partition coefficient (Wildman–Crippen LogP) is 3.91. The molecule has 2 heteroatoms. The summed E-state index contributed by atoms with van der Waals surface area (Å²) in [5.74, 6) is 2.49. The molecule has 118 valence electrons. The zero-order valence-electron chi connectivity index (χ0n) is 14.2. The maximum atomic E-state index is 3.69. The molecule has 2 saturated carbocycles. The summed E-state index contributed by atoms with van der Waals surface area (Å²) in [7, 11) is 0. The second-order valence-corrected chi connectivity index (χ2v) is 7.99. The van der Waals surface area contributed by atoms with E-state index < -0.39 is 0 Å². The second kappa shape index (κ2) is 7.79. The number of rotatable bonds is 8. The van der Waals surface area contributed by atoms with Gasteiger partial charge in [-0.05, 0) is 56.5 Å². The van der Waals surface area contributed by atoms with Crippen molar-refractivity contribution in [1.82, 2.24) is 10.2 Å². The summed E-state index contributed by atoms with van der Waals surface area (Å²) in [6.07, 6.45) is 8.71. The molecule has 2 aliphatic carbocycles. The van der Waals surface area contributed by atoms with Crippen molar-refractivity contribution in [3.05, 3.63) is 0 Å². The van der Waals surface area contributed by atoms with Gasteiger partial charge >= 0.3 is 0 Å². The lowest BCUT2D eigenvalue weighted by Gasteiger charge is -2.48. The summed E-state index contributed by atoms with van der Waals surface area (Å²) < 4.78 is 0. The van der Waals surface area contributed by atoms with Crippen LogP contribution in [0.2, 0.25) is 0 Å². The van der Waals surface area contributed by atoms with E-state index in [1.807, 2.05) is 0 Å². The lowest BCUT2D eigenvalue weighted by atomic mass is 9.77. The van der Waals surface area contributed by atoms with Gasteiger partial charge in [0.25, 0.3) is 0 Å². The lowest BCUT2D eigenvalue weighted by Crippen LogP contribution is -2.54. The highest BCUT2D eigenvalue weighted by Gasteiger charge is 2.38. The van der Waals surface area contributed by atoms with Crippen LogP contribution in [0.15, 0.2) is 0 Å². The van der Waals surface area contributed by atoms with Crippen LogP contribution in [-0.2, 0) is 0 Å². The first-order chi connectivity index (χ1) is 9.58. The van der Waals surface area contributed by atoms with Crippen LogP contribution in [0, 0.1) is 17.8 Å². The van der Waals surface area contributed by atoms with Crippen molar-refractivity contribution >= 4 is 0 Å². The lowest BCUT2D eigenvalue weighted by molar-refractivity contribution is 0.0198. The van der Waals surface area contributed by atoms with Gasteiger partial charge in [0.1, 0.15) is 0 Å². The molecular formula is C18H36N2. The van der Waals surface area contributed by atoms with Crippen molar-refractivity contribution in [3.63, 3.8) is 0 Å². The van der Waals surface area contributed by atoms with E-state index in [-0.39, 0.29) is 0 Å². The fourth-order valence-electron chi connectivity index (χ4n) is 4.00. The van der Waals surface area contributed by atoms with Gasteiger partial charge in [0, 0.05) is 18.6 Å². The fraction of sp³-hybridized carbons (Fsp3) is 1.00. The van der Waals surface area contributed by atoms with Crippen molar-refractivity contribution in [1.29, 1.82) is 0 Å². The molecule has 20 heavy (non-hydrogen) atoms. The van der Waals surface area contributed by atoms with Crippen molar-refractivity contribution in [2.24, 2.45) is 17.8 Å². The van der Waals surface area contributed by atoms with E-state index >= 15 is 0 Å². The van der Waals surface area contributed by atoms with E-state index in [1.165, 1.54) is 58.2 Å². The van der Waals surface area contributed by atoms with Gasteiger partial charge < -0.3 is 5.32 Å². The van der Waals surface area contributed by atoms with Crippen molar-refractivity contribution < 1.29 is 0 Å². The molecule has 2 unspecified atom stereocenters. The average molecular weight is 281 g/mol. The Morgan fingerprint density at radius 2 is 1.65 bits per heavy atom. The highest BCUT2D eigenvalue weighted by atomic mass is 15.2. The standard InChI is InChI=1S/C18H36N2/c1-14(2)11-19-12-16-9-10-18(16)20(13-15(3)4)17-7-5-6-8-17/h14-19H,5-13H2,1-4H3. The van der Waals surface area contributed by atoms with E-state index in [0.717, 1.165) is 29.8 Å². The molecule has 2 rings (SSSR count). The average Bonchev–Trinajstić information content (AvgIpc) is 2.85. The third-order valence-corrected chi connectivity index (χ3v) is 5.13. The Hall–Kier alpha value is -0.0800. The highest BCUT2D eigenvalue weighted by Crippen LogP contribution is 2.37. The minimum Gasteiger partial charge on any atom is -0.316 e. The third kappa shape index (κ3) is 4.46. The van der Waals surface area contributed by atoms with Crippen LogP contribution in [-0.4, -0.2) is 36.6 Å². The Kier molecular flexibility index (Phi) is 6.35. The van der Waals surface area contributed by atoms with E-state index in [0.29, 0.717) is 0 Å². The Labute approximate surface area is 126 Å². The molecule has 0 aliphatic heterocycles. The van der Waals surface area contributed by atoms with E-state index in [4.69, 9.17) is 0 Å². The first-order valence-corrected chi connectivity index (χ1v) is 9.04. The Balaban J connectivity index is 1.84. The van der Waals surface area contributed by atoms with E-state index in [1.54, 1.807) is 0 Å². The Morgan fingerprint density at radius 1 is 0.950 bits per heavy atom. The van der Waals surface area contributed by atoms with Gasteiger partial charge in [-0.25, -0.2) is 0 Å². The first-order valence-electron chi connectivity index (χ1n) is 9.04. The van der Waals surface area contributed by atoms with Gasteiger partial charge in [-0.15, -0.1) is 0 Å². The zero-order valence-corrected chi connectivity index (χ0v) is 14.2. The van der Waals surface area contributed by atoms with Crippen LogP contribution >= 0.6 is 0 Å². The maximum absolute atomic E-state index is 3.69. The van der Waals surface area contributed by atoms with E-state index in [2.05, 4.69) is 37.9 Å². The molecule has 0 bridgehead atoms. The molecule has 0 aromatic heterocycles. The van der Waals surface area contributed by atoms with Crippen LogP contribution in [0.25, 0.3) is 0 Å². The molecule has 0 heterocycles. The van der Waals surface area contributed by atoms with Gasteiger partial charge in [0.2, 0.25) is 0 Å². The molecule has 2 fully saturated rings. The largest absolute Gasteiger partial charge is 0.316 e. The Bertz CT molecular complexity index is 269. The maximum Gasteiger partial charge on any atom is 0.0139 e. The van der Waals surface area contributed by atoms with Crippen LogP contribution in [0.1, 0.15) is 66.2 Å². The molecule has 0 saturated heterocycles. The summed E-state index contributed by atoms with van der Waals surface area (Å²) in [5, 5.41) is 3.69. The minimum atomic E-state index is 0.773. The second-order valence-electron chi connectivity index (χ2n) is 7.99. The van der Waals surface area contributed by atoms with Crippen LogP contribution in [0.5, 0.6) is 0 Å². The number of nitrogens with one attached hydrogen (secondary N) is 1. The highest BCUT2D eigenvalue weighted by molar-refractivity contribution is 4.94. The molecule has 0 spiro atoms. The molecule has 2 atom stereocenters. The molecule has 1 N–H and O–H groups in total. The molecule has 0 aromatic carbocycles. The summed E-state index contributed by atoms with van der Waals surface area (Å²) in [6, 6.07) is 1.77. The van der Waals surface area contributed by atoms with Crippen molar-refractivity contribution in [2.75, 3.05) is 19.6 Å². The van der Waals surface area contributed by atoms with Crippen molar-refractivity contribution in [3.8, 4) is 0 Å². The summed E-state index contributed by atoms with van der Waals surface area (Å²) >= 11 is 0. The first kappa shape index (κ1) is 16.3. The van der Waals surface area contributed by atoms with Crippen LogP contribution in [0.3, 0.4) is 0 Å². The van der Waals surface area contributed by atoms with Crippen LogP contribution in [0.4, 0.5) is 0 Å². The van der Waals surface area contributed by atoms with Crippen LogP contribution < -0.4 is 5.32 Å². The zero-order chi connectivity index (χ0) is 14.5. The molecule has 2 aliphatic rings. The Morgan fingerprint density at radius 3 is 2.15 bits per heavy atom. The summed E-state index contributed by atoms with van der Waals surface area (Å²) in [6.45, 7) is 13.1. The molecule has 0 amide bonds. The number of hydrogen-bond donors (Lipinski definition) is 1. The smallest absolute Gasteiger partial charge is 0.0139 e. The predicted molar refractivity (Wildman–Crippen MR) is 88.0 cm³/mol. The van der Waals surface area contributed by atoms with E-state index in [9.17, 15) is 0 Å². The molecule has 0 aromatic rings. The molecule has 0 radical (unpaired) electrons. The van der Waals surface area contributed by atoms with Gasteiger partial charge in [0.15, 0.2) is 0 Å². The van der Waals surface area contributed by atoms with Gasteiger partial charge in [-0.3, -0.25) is 4.90 Å². The minimum absolute atomic E-state index is 0.773. The van der Waals surface area contributed by atoms with Gasteiger partial charge in [-0.2, -0.15) is 0 Å². The molecule has 2 nitrogen and oxygen atoms in total.